The van der Waals surface area contributed by atoms with Crippen molar-refractivity contribution in [3.05, 3.63) is 29.3 Å². The summed E-state index contributed by atoms with van der Waals surface area (Å²) in [6.07, 6.45) is 0. The number of benzene rings is 1. The van der Waals surface area contributed by atoms with E-state index in [9.17, 15) is 0 Å². The van der Waals surface area contributed by atoms with Crippen LogP contribution in [0.25, 0.3) is 0 Å². The third-order valence-corrected chi connectivity index (χ3v) is 2.53. The quantitative estimate of drug-likeness (QED) is 0.636. The molecule has 0 aromatic heterocycles. The lowest BCUT2D eigenvalue weighted by molar-refractivity contribution is 0.321. The molecule has 1 aliphatic rings. The minimum Gasteiger partial charge on any atom is -0.492 e. The number of guanidine groups is 1. The number of nitrogens with one attached hydrogen (secondary N) is 2. The average molecular weight is 361 g/mol. The molecular formula is C13H20IN3O. The van der Waals surface area contributed by atoms with Gasteiger partial charge in [0.2, 0.25) is 0 Å². The molecular weight excluding hydrogens is 341 g/mol. The maximum Gasteiger partial charge on any atom is 0.191 e. The van der Waals surface area contributed by atoms with Crippen molar-refractivity contribution in [3.8, 4) is 5.75 Å². The van der Waals surface area contributed by atoms with Crippen molar-refractivity contribution in [2.45, 2.75) is 13.8 Å². The normalized spacial score (nSPS) is 13.3. The first-order chi connectivity index (χ1) is 8.24. The lowest BCUT2D eigenvalue weighted by Gasteiger charge is -2.09. The van der Waals surface area contributed by atoms with E-state index < -0.39 is 0 Å². The second kappa shape index (κ2) is 7.45. The van der Waals surface area contributed by atoms with Crippen molar-refractivity contribution in [1.82, 2.24) is 10.6 Å². The predicted molar refractivity (Wildman–Crippen MR) is 85.1 cm³/mol. The van der Waals surface area contributed by atoms with Crippen molar-refractivity contribution in [1.29, 1.82) is 0 Å². The number of halogens is 1. The fraction of sp³-hybridized carbons (Fsp3) is 0.462. The molecule has 0 aliphatic carbocycles. The van der Waals surface area contributed by atoms with Gasteiger partial charge in [0.05, 0.1) is 13.1 Å². The SMILES string of the molecule is Cc1cc(C)cc(OCCNC2=NCCN2)c1.I. The largest absolute Gasteiger partial charge is 0.492 e. The van der Waals surface area contributed by atoms with E-state index in [0.717, 1.165) is 31.3 Å². The van der Waals surface area contributed by atoms with Gasteiger partial charge in [0.25, 0.3) is 0 Å². The molecule has 2 rings (SSSR count). The summed E-state index contributed by atoms with van der Waals surface area (Å²) in [6.45, 7) is 7.35. The summed E-state index contributed by atoms with van der Waals surface area (Å²) >= 11 is 0. The minimum absolute atomic E-state index is 0. The minimum atomic E-state index is 0. The molecule has 0 amide bonds. The molecule has 1 aliphatic heterocycles. The summed E-state index contributed by atoms with van der Waals surface area (Å²) in [6, 6.07) is 6.25. The fourth-order valence-electron chi connectivity index (χ4n) is 1.87. The molecule has 0 unspecified atom stereocenters. The van der Waals surface area contributed by atoms with Gasteiger partial charge in [-0.15, -0.1) is 24.0 Å². The van der Waals surface area contributed by atoms with Crippen LogP contribution in [-0.2, 0) is 0 Å². The van der Waals surface area contributed by atoms with Gasteiger partial charge in [-0.25, -0.2) is 0 Å². The van der Waals surface area contributed by atoms with Crippen LogP contribution < -0.4 is 15.4 Å². The van der Waals surface area contributed by atoms with Gasteiger partial charge in [-0.3, -0.25) is 4.99 Å². The van der Waals surface area contributed by atoms with Crippen LogP contribution in [0.4, 0.5) is 0 Å². The summed E-state index contributed by atoms with van der Waals surface area (Å²) in [4.78, 5) is 4.25. The smallest absolute Gasteiger partial charge is 0.191 e. The first-order valence-electron chi connectivity index (χ1n) is 5.97. The molecule has 100 valence electrons. The number of hydrogen-bond donors (Lipinski definition) is 2. The summed E-state index contributed by atoms with van der Waals surface area (Å²) in [5, 5.41) is 6.35. The number of nitrogens with zero attached hydrogens (tertiary/aromatic N) is 1. The van der Waals surface area contributed by atoms with Crippen molar-refractivity contribution < 1.29 is 4.74 Å². The van der Waals surface area contributed by atoms with Crippen LogP contribution in [0, 0.1) is 13.8 Å². The second-order valence-electron chi connectivity index (χ2n) is 4.26. The second-order valence-corrected chi connectivity index (χ2v) is 4.26. The number of rotatable bonds is 4. The fourth-order valence-corrected chi connectivity index (χ4v) is 1.87. The molecule has 0 bridgehead atoms. The van der Waals surface area contributed by atoms with E-state index in [4.69, 9.17) is 4.74 Å². The highest BCUT2D eigenvalue weighted by Crippen LogP contribution is 2.15. The summed E-state index contributed by atoms with van der Waals surface area (Å²) in [5.41, 5.74) is 2.46. The third-order valence-electron chi connectivity index (χ3n) is 2.53. The lowest BCUT2D eigenvalue weighted by atomic mass is 10.1. The zero-order valence-electron chi connectivity index (χ0n) is 10.8. The molecule has 4 nitrogen and oxygen atoms in total. The Labute approximate surface area is 125 Å². The summed E-state index contributed by atoms with van der Waals surface area (Å²) < 4.78 is 5.68. The number of aryl methyl sites for hydroxylation is 2. The lowest BCUT2D eigenvalue weighted by Crippen LogP contribution is -2.36. The van der Waals surface area contributed by atoms with Gasteiger partial charge in [0.1, 0.15) is 12.4 Å². The first kappa shape index (κ1) is 15.1. The van der Waals surface area contributed by atoms with Crippen molar-refractivity contribution >= 4 is 29.9 Å². The van der Waals surface area contributed by atoms with Crippen LogP contribution in [0.15, 0.2) is 23.2 Å². The summed E-state index contributed by atoms with van der Waals surface area (Å²) in [7, 11) is 0. The van der Waals surface area contributed by atoms with Crippen molar-refractivity contribution in [2.75, 3.05) is 26.2 Å². The molecule has 0 saturated heterocycles. The third kappa shape index (κ3) is 4.72. The van der Waals surface area contributed by atoms with Gasteiger partial charge in [0.15, 0.2) is 5.96 Å². The van der Waals surface area contributed by atoms with E-state index in [2.05, 4.69) is 47.7 Å². The highest BCUT2D eigenvalue weighted by molar-refractivity contribution is 14.0. The first-order valence-corrected chi connectivity index (χ1v) is 5.97. The van der Waals surface area contributed by atoms with Crippen molar-refractivity contribution in [3.63, 3.8) is 0 Å². The molecule has 0 saturated carbocycles. The average Bonchev–Trinajstić information content (AvgIpc) is 2.76. The Hall–Kier alpha value is -0.980. The van der Waals surface area contributed by atoms with E-state index in [-0.39, 0.29) is 24.0 Å². The molecule has 1 aromatic carbocycles. The molecule has 0 radical (unpaired) electrons. The van der Waals surface area contributed by atoms with Crippen LogP contribution in [0.2, 0.25) is 0 Å². The molecule has 18 heavy (non-hydrogen) atoms. The van der Waals surface area contributed by atoms with E-state index in [1.807, 2.05) is 0 Å². The molecule has 1 aromatic rings. The Balaban J connectivity index is 0.00000162. The van der Waals surface area contributed by atoms with Crippen LogP contribution in [0.5, 0.6) is 5.75 Å². The van der Waals surface area contributed by atoms with Crippen LogP contribution >= 0.6 is 24.0 Å². The van der Waals surface area contributed by atoms with E-state index in [0.29, 0.717) is 6.61 Å². The van der Waals surface area contributed by atoms with Gasteiger partial charge in [-0.1, -0.05) is 6.07 Å². The maximum absolute atomic E-state index is 5.68. The Morgan fingerprint density at radius 2 is 2.00 bits per heavy atom. The maximum atomic E-state index is 5.68. The molecule has 2 N–H and O–H groups in total. The Bertz CT molecular complexity index is 400. The Morgan fingerprint density at radius 3 is 2.61 bits per heavy atom. The molecule has 0 fully saturated rings. The molecule has 1 heterocycles. The van der Waals surface area contributed by atoms with Gasteiger partial charge >= 0.3 is 0 Å². The van der Waals surface area contributed by atoms with Crippen LogP contribution in [0.3, 0.4) is 0 Å². The van der Waals surface area contributed by atoms with Gasteiger partial charge in [0, 0.05) is 6.54 Å². The zero-order valence-corrected chi connectivity index (χ0v) is 13.2. The topological polar surface area (TPSA) is 45.6 Å². The standard InChI is InChI=1S/C13H19N3O.HI/c1-10-7-11(2)9-12(8-10)17-6-5-16-13-14-3-4-15-13;/h7-9H,3-6H2,1-2H3,(H2,14,15,16);1H. The van der Waals surface area contributed by atoms with Gasteiger partial charge < -0.3 is 15.4 Å². The highest BCUT2D eigenvalue weighted by atomic mass is 127. The molecule has 0 atom stereocenters. The van der Waals surface area contributed by atoms with Gasteiger partial charge in [-0.2, -0.15) is 0 Å². The highest BCUT2D eigenvalue weighted by Gasteiger charge is 2.03. The Kier molecular flexibility index (Phi) is 6.24. The van der Waals surface area contributed by atoms with E-state index in [1.54, 1.807) is 0 Å². The number of aliphatic imine (C=N–C) groups is 1. The predicted octanol–water partition coefficient (Wildman–Crippen LogP) is 1.85. The van der Waals surface area contributed by atoms with Gasteiger partial charge in [-0.05, 0) is 37.1 Å². The van der Waals surface area contributed by atoms with E-state index in [1.165, 1.54) is 11.1 Å². The monoisotopic (exact) mass is 361 g/mol. The molecule has 0 spiro atoms. The molecule has 5 heteroatoms. The van der Waals surface area contributed by atoms with Crippen LogP contribution in [0.1, 0.15) is 11.1 Å². The van der Waals surface area contributed by atoms with Crippen LogP contribution in [-0.4, -0.2) is 32.2 Å². The number of ether oxygens (including phenoxy) is 1. The van der Waals surface area contributed by atoms with Crippen molar-refractivity contribution in [2.24, 2.45) is 4.99 Å². The summed E-state index contributed by atoms with van der Waals surface area (Å²) in [5.74, 6) is 1.82. The number of hydrogen-bond acceptors (Lipinski definition) is 4. The Morgan fingerprint density at radius 1 is 1.28 bits per heavy atom. The van der Waals surface area contributed by atoms with E-state index >= 15 is 0 Å². The zero-order chi connectivity index (χ0) is 12.1.